The molecule has 0 bridgehead atoms. The van der Waals surface area contributed by atoms with Gasteiger partial charge in [-0.2, -0.15) is 5.10 Å². The third-order valence-electron chi connectivity index (χ3n) is 4.66. The summed E-state index contributed by atoms with van der Waals surface area (Å²) >= 11 is 0. The third kappa shape index (κ3) is 3.05. The fraction of sp³-hybridized carbons (Fsp3) is 0.333. The minimum Gasteiger partial charge on any atom is -0.316 e. The molecule has 130 valence electrons. The van der Waals surface area contributed by atoms with Gasteiger partial charge >= 0.3 is 0 Å². The molecule has 3 aromatic rings. The largest absolute Gasteiger partial charge is 0.316 e. The molecule has 1 saturated heterocycles. The Morgan fingerprint density at radius 1 is 1.20 bits per heavy atom. The molecule has 1 aliphatic rings. The van der Waals surface area contributed by atoms with Crippen LogP contribution < -0.4 is 5.32 Å². The van der Waals surface area contributed by atoms with Crippen molar-refractivity contribution in [2.24, 2.45) is 5.92 Å². The normalized spacial score (nSPS) is 18.5. The summed E-state index contributed by atoms with van der Waals surface area (Å²) in [7, 11) is -3.67. The summed E-state index contributed by atoms with van der Waals surface area (Å²) in [5, 5.41) is 8.55. The summed E-state index contributed by atoms with van der Waals surface area (Å²) in [6, 6.07) is 10.3. The average molecular weight is 356 g/mol. The number of sulfone groups is 1. The lowest BCUT2D eigenvalue weighted by atomic mass is 10.00. The van der Waals surface area contributed by atoms with Gasteiger partial charge in [0, 0.05) is 18.9 Å². The first-order valence-corrected chi connectivity index (χ1v) is 9.96. The van der Waals surface area contributed by atoms with Crippen LogP contribution in [0.4, 0.5) is 0 Å². The molecule has 0 amide bonds. The van der Waals surface area contributed by atoms with Crippen LogP contribution in [0.2, 0.25) is 0 Å². The van der Waals surface area contributed by atoms with Gasteiger partial charge in [-0.15, -0.1) is 0 Å². The first-order chi connectivity index (χ1) is 12.2. The van der Waals surface area contributed by atoms with Crippen LogP contribution in [0, 0.1) is 5.92 Å². The fourth-order valence-corrected chi connectivity index (χ4v) is 4.76. The molecule has 4 rings (SSSR count). The molecule has 1 fully saturated rings. The zero-order valence-corrected chi connectivity index (χ0v) is 14.6. The number of fused-ring (bicyclic) bond motifs is 1. The third-order valence-corrected chi connectivity index (χ3v) is 6.36. The smallest absolute Gasteiger partial charge is 0.226 e. The number of aromatic nitrogens is 3. The number of piperidine rings is 1. The van der Waals surface area contributed by atoms with E-state index in [0.29, 0.717) is 17.8 Å². The van der Waals surface area contributed by atoms with Crippen LogP contribution in [-0.2, 0) is 16.4 Å². The van der Waals surface area contributed by atoms with Crippen LogP contribution in [0.25, 0.3) is 10.9 Å². The lowest BCUT2D eigenvalue weighted by Gasteiger charge is -2.22. The van der Waals surface area contributed by atoms with Crippen molar-refractivity contribution in [1.29, 1.82) is 0 Å². The van der Waals surface area contributed by atoms with Crippen LogP contribution in [0.15, 0.2) is 58.7 Å². The molecule has 1 aromatic carbocycles. The van der Waals surface area contributed by atoms with Crippen molar-refractivity contribution < 1.29 is 8.42 Å². The molecule has 25 heavy (non-hydrogen) atoms. The molecule has 3 heterocycles. The summed E-state index contributed by atoms with van der Waals surface area (Å²) < 4.78 is 27.9. The molecule has 0 aliphatic carbocycles. The first-order valence-electron chi connectivity index (χ1n) is 8.47. The Hall–Kier alpha value is -2.25. The molecule has 7 heteroatoms. The molecule has 0 unspecified atom stereocenters. The zero-order valence-electron chi connectivity index (χ0n) is 13.8. The number of nitrogens with one attached hydrogen (secondary N) is 1. The number of rotatable bonds is 4. The molecule has 0 radical (unpaired) electrons. The first kappa shape index (κ1) is 16.2. The maximum Gasteiger partial charge on any atom is 0.226 e. The summed E-state index contributed by atoms with van der Waals surface area (Å²) in [4.78, 5) is 4.37. The van der Waals surface area contributed by atoms with E-state index in [1.165, 1.54) is 0 Å². The zero-order chi connectivity index (χ0) is 17.3. The number of pyridine rings is 1. The van der Waals surface area contributed by atoms with E-state index >= 15 is 0 Å². The summed E-state index contributed by atoms with van der Waals surface area (Å²) in [5.74, 6) is 0.456. The van der Waals surface area contributed by atoms with Crippen molar-refractivity contribution in [3.8, 4) is 0 Å². The van der Waals surface area contributed by atoms with E-state index in [4.69, 9.17) is 0 Å². The minimum absolute atomic E-state index is 0.0885. The summed E-state index contributed by atoms with van der Waals surface area (Å²) in [6.45, 7) is 2.69. The fourth-order valence-electron chi connectivity index (χ4n) is 3.37. The highest BCUT2D eigenvalue weighted by atomic mass is 32.2. The monoisotopic (exact) mass is 356 g/mol. The van der Waals surface area contributed by atoms with Crippen LogP contribution >= 0.6 is 0 Å². The van der Waals surface area contributed by atoms with Crippen molar-refractivity contribution in [3.05, 3.63) is 48.8 Å². The highest BCUT2D eigenvalue weighted by molar-refractivity contribution is 7.91. The van der Waals surface area contributed by atoms with Crippen LogP contribution in [0.1, 0.15) is 12.8 Å². The SMILES string of the molecule is O=S(=O)(c1ccccc1)c1nn(C[C@@H]2CCCNC2)c2ccncc12. The molecule has 1 atom stereocenters. The number of benzene rings is 1. The Morgan fingerprint density at radius 3 is 2.80 bits per heavy atom. The predicted octanol–water partition coefficient (Wildman–Crippen LogP) is 2.26. The predicted molar refractivity (Wildman–Crippen MR) is 95.0 cm³/mol. The van der Waals surface area contributed by atoms with Crippen LogP contribution in [-0.4, -0.2) is 36.3 Å². The molecule has 0 spiro atoms. The highest BCUT2D eigenvalue weighted by Crippen LogP contribution is 2.28. The molecular weight excluding hydrogens is 336 g/mol. The maximum atomic E-state index is 13.0. The van der Waals surface area contributed by atoms with E-state index in [1.807, 2.05) is 10.7 Å². The van der Waals surface area contributed by atoms with Gasteiger partial charge in [0.05, 0.1) is 15.8 Å². The Morgan fingerprint density at radius 2 is 2.04 bits per heavy atom. The molecule has 6 nitrogen and oxygen atoms in total. The van der Waals surface area contributed by atoms with E-state index in [0.717, 1.165) is 31.4 Å². The average Bonchev–Trinajstić information content (AvgIpc) is 3.03. The topological polar surface area (TPSA) is 76.9 Å². The van der Waals surface area contributed by atoms with Crippen molar-refractivity contribution >= 4 is 20.7 Å². The maximum absolute atomic E-state index is 13.0. The summed E-state index contributed by atoms with van der Waals surface area (Å²) in [6.07, 6.45) is 5.53. The van der Waals surface area contributed by atoms with Gasteiger partial charge in [0.1, 0.15) is 0 Å². The number of nitrogens with zero attached hydrogens (tertiary/aromatic N) is 3. The van der Waals surface area contributed by atoms with Crippen molar-refractivity contribution in [1.82, 2.24) is 20.1 Å². The second-order valence-electron chi connectivity index (χ2n) is 6.41. The Balaban J connectivity index is 1.80. The van der Waals surface area contributed by atoms with Crippen LogP contribution in [0.5, 0.6) is 0 Å². The van der Waals surface area contributed by atoms with E-state index in [9.17, 15) is 8.42 Å². The standard InChI is InChI=1S/C18H20N4O2S/c23-25(24,15-6-2-1-3-7-15)18-16-12-20-10-8-17(16)22(21-18)13-14-5-4-9-19-11-14/h1-3,6-8,10,12,14,19H,4-5,9,11,13H2/t14-/m1/s1. The molecule has 2 aromatic heterocycles. The molecule has 0 saturated carbocycles. The van der Waals surface area contributed by atoms with Crippen LogP contribution in [0.3, 0.4) is 0 Å². The van der Waals surface area contributed by atoms with E-state index in [1.54, 1.807) is 42.7 Å². The summed E-state index contributed by atoms with van der Waals surface area (Å²) in [5.41, 5.74) is 0.815. The molecule has 1 aliphatic heterocycles. The van der Waals surface area contributed by atoms with Crippen molar-refractivity contribution in [2.45, 2.75) is 29.3 Å². The highest BCUT2D eigenvalue weighted by Gasteiger charge is 2.26. The minimum atomic E-state index is -3.67. The lowest BCUT2D eigenvalue weighted by molar-refractivity contribution is 0.327. The van der Waals surface area contributed by atoms with Gasteiger partial charge in [0.15, 0.2) is 5.03 Å². The van der Waals surface area contributed by atoms with E-state index in [-0.39, 0.29) is 9.92 Å². The van der Waals surface area contributed by atoms with Gasteiger partial charge in [0.25, 0.3) is 0 Å². The Bertz CT molecular complexity index is 977. The lowest BCUT2D eigenvalue weighted by Crippen LogP contribution is -2.32. The van der Waals surface area contributed by atoms with Gasteiger partial charge in [-0.3, -0.25) is 9.67 Å². The number of hydrogen-bond donors (Lipinski definition) is 1. The Labute approximate surface area is 146 Å². The van der Waals surface area contributed by atoms with Gasteiger partial charge < -0.3 is 5.32 Å². The Kier molecular flexibility index (Phi) is 4.27. The number of hydrogen-bond acceptors (Lipinski definition) is 5. The van der Waals surface area contributed by atoms with Crippen molar-refractivity contribution in [3.63, 3.8) is 0 Å². The van der Waals surface area contributed by atoms with Gasteiger partial charge in [0.2, 0.25) is 9.84 Å². The quantitative estimate of drug-likeness (QED) is 0.776. The van der Waals surface area contributed by atoms with E-state index in [2.05, 4.69) is 15.4 Å². The van der Waals surface area contributed by atoms with Gasteiger partial charge in [-0.25, -0.2) is 8.42 Å². The second kappa shape index (κ2) is 6.57. The van der Waals surface area contributed by atoms with Gasteiger partial charge in [-0.1, -0.05) is 18.2 Å². The molecule has 1 N–H and O–H groups in total. The van der Waals surface area contributed by atoms with Gasteiger partial charge in [-0.05, 0) is 50.0 Å². The molecular formula is C18H20N4O2S. The van der Waals surface area contributed by atoms with Crippen molar-refractivity contribution in [2.75, 3.05) is 13.1 Å². The van der Waals surface area contributed by atoms with E-state index < -0.39 is 9.84 Å². The second-order valence-corrected chi connectivity index (χ2v) is 8.27.